The van der Waals surface area contributed by atoms with Gasteiger partial charge in [0, 0.05) is 5.30 Å². The molecule has 1 atom stereocenters. The third kappa shape index (κ3) is 4.19. The van der Waals surface area contributed by atoms with E-state index >= 15 is 0 Å². The molecule has 0 aromatic heterocycles. The van der Waals surface area contributed by atoms with E-state index in [2.05, 4.69) is 25.3 Å². The number of benzene rings is 1. The lowest BCUT2D eigenvalue weighted by molar-refractivity contribution is 0.590. The fourth-order valence-electron chi connectivity index (χ4n) is 1.18. The number of hydrogen-bond acceptors (Lipinski definition) is 1. The molecule has 0 aliphatic rings. The lowest BCUT2D eigenvalue weighted by Crippen LogP contribution is -2.15. The number of hydrogen-bond donors (Lipinski definition) is 0. The fourth-order valence-corrected chi connectivity index (χ4v) is 5.04. The standard InChI is InChI=1S/C12H19OPSi/c1-14(13,10-11-15(2,3)4)12-8-6-5-7-9-12/h5-11H,1-4H3/b11-10+/t14-/m0/s1. The first-order valence-corrected chi connectivity index (χ1v) is 10.9. The van der Waals surface area contributed by atoms with Crippen LogP contribution in [0.5, 0.6) is 0 Å². The highest BCUT2D eigenvalue weighted by atomic mass is 31.2. The van der Waals surface area contributed by atoms with Gasteiger partial charge >= 0.3 is 0 Å². The molecule has 15 heavy (non-hydrogen) atoms. The zero-order valence-corrected chi connectivity index (χ0v) is 11.8. The molecule has 1 aromatic rings. The molecule has 0 saturated heterocycles. The summed E-state index contributed by atoms with van der Waals surface area (Å²) < 4.78 is 12.4. The highest BCUT2D eigenvalue weighted by molar-refractivity contribution is 7.73. The molecule has 0 saturated carbocycles. The maximum atomic E-state index is 12.4. The molecule has 0 unspecified atom stereocenters. The molecule has 1 nitrogen and oxygen atoms in total. The largest absolute Gasteiger partial charge is 0.315 e. The first-order valence-electron chi connectivity index (χ1n) is 5.14. The summed E-state index contributed by atoms with van der Waals surface area (Å²) in [6.45, 7) is 8.57. The Hall–Kier alpha value is -0.593. The third-order valence-electron chi connectivity index (χ3n) is 2.13. The summed E-state index contributed by atoms with van der Waals surface area (Å²) in [6.07, 6.45) is 0. The van der Waals surface area contributed by atoms with Crippen molar-refractivity contribution < 1.29 is 4.57 Å². The summed E-state index contributed by atoms with van der Waals surface area (Å²) in [4.78, 5) is 0. The van der Waals surface area contributed by atoms with Crippen LogP contribution in [0.3, 0.4) is 0 Å². The lowest BCUT2D eigenvalue weighted by atomic mass is 10.4. The normalized spacial score (nSPS) is 16.5. The van der Waals surface area contributed by atoms with Crippen LogP contribution in [0.1, 0.15) is 0 Å². The Labute approximate surface area is 93.6 Å². The lowest BCUT2D eigenvalue weighted by Gasteiger charge is -2.12. The molecule has 0 aliphatic heterocycles. The van der Waals surface area contributed by atoms with Gasteiger partial charge in [0.2, 0.25) is 0 Å². The minimum Gasteiger partial charge on any atom is -0.315 e. The first kappa shape index (κ1) is 12.5. The summed E-state index contributed by atoms with van der Waals surface area (Å²) in [6, 6.07) is 9.71. The molecule has 0 aliphatic carbocycles. The van der Waals surface area contributed by atoms with Crippen molar-refractivity contribution in [2.45, 2.75) is 19.6 Å². The van der Waals surface area contributed by atoms with E-state index < -0.39 is 15.2 Å². The zero-order valence-electron chi connectivity index (χ0n) is 9.90. The van der Waals surface area contributed by atoms with Crippen LogP contribution < -0.4 is 5.30 Å². The van der Waals surface area contributed by atoms with Crippen molar-refractivity contribution in [3.05, 3.63) is 41.8 Å². The Morgan fingerprint density at radius 2 is 1.67 bits per heavy atom. The van der Waals surface area contributed by atoms with Gasteiger partial charge in [0.05, 0.1) is 8.07 Å². The van der Waals surface area contributed by atoms with Crippen molar-refractivity contribution in [3.8, 4) is 0 Å². The molecule has 82 valence electrons. The zero-order chi connectivity index (χ0) is 11.5. The van der Waals surface area contributed by atoms with Crippen LogP contribution in [-0.4, -0.2) is 14.7 Å². The maximum absolute atomic E-state index is 12.4. The molecule has 0 fully saturated rings. The second-order valence-electron chi connectivity index (χ2n) is 5.01. The predicted octanol–water partition coefficient (Wildman–Crippen LogP) is 3.70. The monoisotopic (exact) mass is 238 g/mol. The van der Waals surface area contributed by atoms with Crippen LogP contribution in [0, 0.1) is 0 Å². The van der Waals surface area contributed by atoms with Gasteiger partial charge in [-0.05, 0) is 12.5 Å². The number of rotatable bonds is 3. The second-order valence-corrected chi connectivity index (χ2v) is 12.9. The van der Waals surface area contributed by atoms with Crippen LogP contribution in [0.25, 0.3) is 0 Å². The van der Waals surface area contributed by atoms with E-state index in [4.69, 9.17) is 0 Å². The van der Waals surface area contributed by atoms with Gasteiger partial charge in [-0.2, -0.15) is 0 Å². The van der Waals surface area contributed by atoms with E-state index in [0.717, 1.165) is 5.30 Å². The highest BCUT2D eigenvalue weighted by Crippen LogP contribution is 2.41. The van der Waals surface area contributed by atoms with Gasteiger partial charge in [0.1, 0.15) is 7.14 Å². The van der Waals surface area contributed by atoms with Crippen molar-refractivity contribution in [2.24, 2.45) is 0 Å². The Balaban J connectivity index is 2.95. The van der Waals surface area contributed by atoms with Gasteiger partial charge in [-0.3, -0.25) is 0 Å². The molecule has 1 aromatic carbocycles. The fraction of sp³-hybridized carbons (Fsp3) is 0.333. The van der Waals surface area contributed by atoms with Crippen molar-refractivity contribution in [1.29, 1.82) is 0 Å². The first-order chi connectivity index (χ1) is 6.81. The molecular weight excluding hydrogens is 219 g/mol. The van der Waals surface area contributed by atoms with Gasteiger partial charge in [-0.1, -0.05) is 55.7 Å². The van der Waals surface area contributed by atoms with Crippen LogP contribution in [0.4, 0.5) is 0 Å². The van der Waals surface area contributed by atoms with Crippen molar-refractivity contribution in [2.75, 3.05) is 6.66 Å². The average Bonchev–Trinajstić information content (AvgIpc) is 2.16. The van der Waals surface area contributed by atoms with Crippen LogP contribution in [-0.2, 0) is 4.57 Å². The SMILES string of the molecule is C[Si](C)(C)/C=C/[P@](C)(=O)c1ccccc1. The van der Waals surface area contributed by atoms with Gasteiger partial charge < -0.3 is 4.57 Å². The Bertz CT molecular complexity index is 390. The summed E-state index contributed by atoms with van der Waals surface area (Å²) in [5.74, 6) is 1.93. The van der Waals surface area contributed by atoms with E-state index in [-0.39, 0.29) is 0 Å². The van der Waals surface area contributed by atoms with E-state index in [1.807, 2.05) is 42.8 Å². The van der Waals surface area contributed by atoms with E-state index in [9.17, 15) is 4.57 Å². The molecule has 0 N–H and O–H groups in total. The third-order valence-corrected chi connectivity index (χ3v) is 5.62. The highest BCUT2D eigenvalue weighted by Gasteiger charge is 2.16. The Morgan fingerprint density at radius 3 is 2.13 bits per heavy atom. The quantitative estimate of drug-likeness (QED) is 0.579. The molecular formula is C12H19OPSi. The van der Waals surface area contributed by atoms with Crippen molar-refractivity contribution >= 4 is 20.5 Å². The summed E-state index contributed by atoms with van der Waals surface area (Å²) in [5.41, 5.74) is 2.17. The average molecular weight is 238 g/mol. The summed E-state index contributed by atoms with van der Waals surface area (Å²) >= 11 is 0. The molecule has 3 heteroatoms. The Kier molecular flexibility index (Phi) is 3.75. The van der Waals surface area contributed by atoms with Crippen molar-refractivity contribution in [1.82, 2.24) is 0 Å². The minimum absolute atomic E-state index is 0.944. The summed E-state index contributed by atoms with van der Waals surface area (Å²) in [7, 11) is -3.54. The Morgan fingerprint density at radius 1 is 1.13 bits per heavy atom. The van der Waals surface area contributed by atoms with Gasteiger partial charge in [-0.15, -0.1) is 0 Å². The maximum Gasteiger partial charge on any atom is 0.132 e. The van der Waals surface area contributed by atoms with Crippen LogP contribution >= 0.6 is 7.14 Å². The van der Waals surface area contributed by atoms with Crippen LogP contribution in [0.15, 0.2) is 41.8 Å². The topological polar surface area (TPSA) is 17.1 Å². The van der Waals surface area contributed by atoms with E-state index in [1.165, 1.54) is 0 Å². The van der Waals surface area contributed by atoms with E-state index in [1.54, 1.807) is 0 Å². The molecule has 0 amide bonds. The minimum atomic E-state index is -2.29. The molecule has 0 heterocycles. The van der Waals surface area contributed by atoms with Crippen molar-refractivity contribution in [3.63, 3.8) is 0 Å². The van der Waals surface area contributed by atoms with E-state index in [0.29, 0.717) is 0 Å². The second kappa shape index (κ2) is 4.50. The van der Waals surface area contributed by atoms with Gasteiger partial charge in [0.15, 0.2) is 0 Å². The summed E-state index contributed by atoms with van der Waals surface area (Å²) in [5, 5.41) is 0.944. The smallest absolute Gasteiger partial charge is 0.132 e. The molecule has 1 rings (SSSR count). The molecule has 0 bridgehead atoms. The predicted molar refractivity (Wildman–Crippen MR) is 72.1 cm³/mol. The van der Waals surface area contributed by atoms with Gasteiger partial charge in [0.25, 0.3) is 0 Å². The van der Waals surface area contributed by atoms with Gasteiger partial charge in [-0.25, -0.2) is 0 Å². The molecule has 0 radical (unpaired) electrons. The molecule has 0 spiro atoms. The van der Waals surface area contributed by atoms with Crippen LogP contribution in [0.2, 0.25) is 19.6 Å².